The van der Waals surface area contributed by atoms with Crippen LogP contribution >= 0.6 is 27.7 Å². The quantitative estimate of drug-likeness (QED) is 0.798. The normalized spacial score (nSPS) is 15.8. The molecular formula is C17H12BrNO3S. The average molecular weight is 390 g/mol. The second kappa shape index (κ2) is 6.60. The molecule has 6 heteroatoms. The van der Waals surface area contributed by atoms with Gasteiger partial charge in [0.1, 0.15) is 5.04 Å². The van der Waals surface area contributed by atoms with Crippen LogP contribution in [0.4, 0.5) is 0 Å². The van der Waals surface area contributed by atoms with Crippen molar-refractivity contribution < 1.29 is 14.6 Å². The molecule has 0 saturated carbocycles. The molecule has 0 aromatic heterocycles. The summed E-state index contributed by atoms with van der Waals surface area (Å²) in [7, 11) is 1.48. The van der Waals surface area contributed by atoms with E-state index in [9.17, 15) is 9.90 Å². The Morgan fingerprint density at radius 2 is 2.00 bits per heavy atom. The number of ether oxygens (including phenoxy) is 1. The maximum absolute atomic E-state index is 12.1. The van der Waals surface area contributed by atoms with E-state index in [0.717, 1.165) is 11.1 Å². The smallest absolute Gasteiger partial charge is 0.284 e. The molecule has 1 N–H and O–H groups in total. The van der Waals surface area contributed by atoms with Crippen molar-refractivity contribution in [3.8, 4) is 11.5 Å². The van der Waals surface area contributed by atoms with Crippen LogP contribution in [0.5, 0.6) is 11.5 Å². The largest absolute Gasteiger partial charge is 0.503 e. The molecule has 0 bridgehead atoms. The van der Waals surface area contributed by atoms with Gasteiger partial charge in [0.05, 0.1) is 16.5 Å². The zero-order chi connectivity index (χ0) is 16.4. The number of halogens is 1. The predicted molar refractivity (Wildman–Crippen MR) is 95.9 cm³/mol. The van der Waals surface area contributed by atoms with Crippen molar-refractivity contribution in [2.45, 2.75) is 0 Å². The van der Waals surface area contributed by atoms with E-state index in [-0.39, 0.29) is 11.7 Å². The zero-order valence-electron chi connectivity index (χ0n) is 12.1. The van der Waals surface area contributed by atoms with Gasteiger partial charge in [-0.05, 0) is 39.7 Å². The van der Waals surface area contributed by atoms with Gasteiger partial charge >= 0.3 is 0 Å². The number of aliphatic imine (C=N–C) groups is 1. The number of rotatable bonds is 3. The minimum Gasteiger partial charge on any atom is -0.503 e. The Morgan fingerprint density at radius 3 is 2.70 bits per heavy atom. The van der Waals surface area contributed by atoms with Crippen molar-refractivity contribution in [1.29, 1.82) is 0 Å². The molecule has 1 heterocycles. The lowest BCUT2D eigenvalue weighted by Crippen LogP contribution is -1.90. The fourth-order valence-electron chi connectivity index (χ4n) is 2.10. The summed E-state index contributed by atoms with van der Waals surface area (Å²) in [5.41, 5.74) is 1.66. The van der Waals surface area contributed by atoms with Crippen LogP contribution in [0.1, 0.15) is 11.1 Å². The van der Waals surface area contributed by atoms with Crippen LogP contribution in [-0.2, 0) is 4.79 Å². The monoisotopic (exact) mass is 389 g/mol. The first kappa shape index (κ1) is 15.8. The third-order valence-electron chi connectivity index (χ3n) is 3.21. The maximum Gasteiger partial charge on any atom is 0.284 e. The molecule has 3 rings (SSSR count). The summed E-state index contributed by atoms with van der Waals surface area (Å²) in [6, 6.07) is 13.0. The first-order chi connectivity index (χ1) is 11.1. The van der Waals surface area contributed by atoms with Crippen LogP contribution in [0, 0.1) is 0 Å². The molecule has 1 aliphatic heterocycles. The van der Waals surface area contributed by atoms with Crippen LogP contribution in [0.3, 0.4) is 0 Å². The number of methoxy groups -OCH3 is 1. The summed E-state index contributed by atoms with van der Waals surface area (Å²) in [4.78, 5) is 16.7. The highest BCUT2D eigenvalue weighted by Crippen LogP contribution is 2.37. The summed E-state index contributed by atoms with van der Waals surface area (Å²) in [6.07, 6.45) is 1.74. The van der Waals surface area contributed by atoms with Crippen molar-refractivity contribution in [1.82, 2.24) is 0 Å². The number of amides is 1. The highest BCUT2D eigenvalue weighted by atomic mass is 79.9. The lowest BCUT2D eigenvalue weighted by atomic mass is 10.2. The van der Waals surface area contributed by atoms with E-state index in [1.54, 1.807) is 18.2 Å². The van der Waals surface area contributed by atoms with E-state index in [1.807, 2.05) is 30.3 Å². The fraction of sp³-hybridized carbons (Fsp3) is 0.0588. The Balaban J connectivity index is 1.91. The van der Waals surface area contributed by atoms with Gasteiger partial charge in [0, 0.05) is 5.56 Å². The lowest BCUT2D eigenvalue weighted by Gasteiger charge is -2.07. The van der Waals surface area contributed by atoms with Gasteiger partial charge in [-0.25, -0.2) is 4.99 Å². The molecular weight excluding hydrogens is 378 g/mol. The highest BCUT2D eigenvalue weighted by Gasteiger charge is 2.23. The minimum atomic E-state index is -0.267. The number of aromatic hydroxyl groups is 1. The fourth-order valence-corrected chi connectivity index (χ4v) is 3.48. The van der Waals surface area contributed by atoms with E-state index in [4.69, 9.17) is 4.74 Å². The van der Waals surface area contributed by atoms with E-state index in [0.29, 0.717) is 20.2 Å². The van der Waals surface area contributed by atoms with Crippen molar-refractivity contribution in [3.63, 3.8) is 0 Å². The molecule has 1 aliphatic rings. The maximum atomic E-state index is 12.1. The van der Waals surface area contributed by atoms with Gasteiger partial charge in [0.2, 0.25) is 0 Å². The van der Waals surface area contributed by atoms with Crippen LogP contribution < -0.4 is 4.74 Å². The third kappa shape index (κ3) is 3.33. The molecule has 0 aliphatic carbocycles. The van der Waals surface area contributed by atoms with Crippen LogP contribution in [0.15, 0.2) is 56.8 Å². The number of hydrogen-bond acceptors (Lipinski definition) is 4. The second-order valence-corrected chi connectivity index (χ2v) is 6.64. The van der Waals surface area contributed by atoms with Crippen LogP contribution in [0.25, 0.3) is 6.08 Å². The van der Waals surface area contributed by atoms with E-state index >= 15 is 0 Å². The molecule has 2 aromatic carbocycles. The van der Waals surface area contributed by atoms with Gasteiger partial charge in [-0.2, -0.15) is 0 Å². The number of nitrogens with zero attached hydrogens (tertiary/aromatic N) is 1. The number of phenols is 1. The Bertz CT molecular complexity index is 831. The van der Waals surface area contributed by atoms with Crippen molar-refractivity contribution in [3.05, 3.63) is 63.0 Å². The minimum absolute atomic E-state index is 0.0290. The number of carbonyl (C=O) groups excluding carboxylic acids is 1. The highest BCUT2D eigenvalue weighted by molar-refractivity contribution is 9.10. The number of thioether (sulfide) groups is 1. The molecule has 0 atom stereocenters. The predicted octanol–water partition coefficient (Wildman–Crippen LogP) is 4.22. The van der Waals surface area contributed by atoms with Crippen LogP contribution in [-0.4, -0.2) is 23.2 Å². The Kier molecular flexibility index (Phi) is 4.54. The van der Waals surface area contributed by atoms with Crippen LogP contribution in [0.2, 0.25) is 0 Å². The second-order valence-electron chi connectivity index (χ2n) is 4.75. The first-order valence-electron chi connectivity index (χ1n) is 6.73. The van der Waals surface area contributed by atoms with E-state index in [2.05, 4.69) is 20.9 Å². The Labute approximate surface area is 146 Å². The van der Waals surface area contributed by atoms with E-state index < -0.39 is 0 Å². The van der Waals surface area contributed by atoms with Gasteiger partial charge in [-0.3, -0.25) is 4.79 Å². The van der Waals surface area contributed by atoms with Gasteiger partial charge in [0.15, 0.2) is 11.5 Å². The Hall–Kier alpha value is -2.05. The topological polar surface area (TPSA) is 58.9 Å². The molecule has 4 nitrogen and oxygen atoms in total. The average Bonchev–Trinajstić information content (AvgIpc) is 2.92. The third-order valence-corrected chi connectivity index (χ3v) is 4.85. The summed E-state index contributed by atoms with van der Waals surface area (Å²) < 4.78 is 5.62. The van der Waals surface area contributed by atoms with Crippen molar-refractivity contribution in [2.24, 2.45) is 4.99 Å². The Morgan fingerprint density at radius 1 is 1.26 bits per heavy atom. The molecule has 0 unspecified atom stereocenters. The standard InChI is InChI=1S/C17H12BrNO3S/c1-22-13-8-10(7-12(18)15(13)20)9-14-16(21)19-17(23-14)11-5-3-2-4-6-11/h2-9,20H,1H3. The lowest BCUT2D eigenvalue weighted by molar-refractivity contribution is -0.113. The van der Waals surface area contributed by atoms with Crippen molar-refractivity contribution >= 4 is 44.7 Å². The molecule has 0 radical (unpaired) electrons. The first-order valence-corrected chi connectivity index (χ1v) is 8.34. The van der Waals surface area contributed by atoms with Crippen molar-refractivity contribution in [2.75, 3.05) is 7.11 Å². The summed E-state index contributed by atoms with van der Waals surface area (Å²) in [5, 5.41) is 10.5. The van der Waals surface area contributed by atoms with Gasteiger partial charge in [-0.1, -0.05) is 42.1 Å². The molecule has 23 heavy (non-hydrogen) atoms. The number of carbonyl (C=O) groups is 1. The number of phenolic OH excluding ortho intramolecular Hbond substituents is 1. The molecule has 116 valence electrons. The molecule has 2 aromatic rings. The summed E-state index contributed by atoms with van der Waals surface area (Å²) in [5.74, 6) is 0.101. The molecule has 0 saturated heterocycles. The number of benzene rings is 2. The van der Waals surface area contributed by atoms with Gasteiger partial charge in [0.25, 0.3) is 5.91 Å². The molecule has 1 amide bonds. The summed E-state index contributed by atoms with van der Waals surface area (Å²) >= 11 is 4.60. The SMILES string of the molecule is COc1cc(C=C2SC(c3ccccc3)=NC2=O)cc(Br)c1O. The summed E-state index contributed by atoms with van der Waals surface area (Å²) in [6.45, 7) is 0. The molecule has 0 spiro atoms. The number of hydrogen-bond donors (Lipinski definition) is 1. The van der Waals surface area contributed by atoms with Gasteiger partial charge < -0.3 is 9.84 Å². The van der Waals surface area contributed by atoms with Gasteiger partial charge in [-0.15, -0.1) is 0 Å². The zero-order valence-corrected chi connectivity index (χ0v) is 14.5. The molecule has 0 fully saturated rings. The van der Waals surface area contributed by atoms with E-state index in [1.165, 1.54) is 18.9 Å².